The second kappa shape index (κ2) is 7.94. The van der Waals surface area contributed by atoms with Crippen LogP contribution < -0.4 is 16.0 Å². The smallest absolute Gasteiger partial charge is 0.238 e. The van der Waals surface area contributed by atoms with Gasteiger partial charge in [0.25, 0.3) is 0 Å². The van der Waals surface area contributed by atoms with Crippen LogP contribution in [0.1, 0.15) is 24.0 Å². The molecule has 25 heavy (non-hydrogen) atoms. The maximum Gasteiger partial charge on any atom is 0.238 e. The van der Waals surface area contributed by atoms with Gasteiger partial charge < -0.3 is 16.0 Å². The first kappa shape index (κ1) is 17.2. The molecule has 0 bridgehead atoms. The fraction of sp³-hybridized carbons (Fsp3) is 0.300. The van der Waals surface area contributed by atoms with E-state index >= 15 is 0 Å². The predicted octanol–water partition coefficient (Wildman–Crippen LogP) is 3.07. The molecule has 0 radical (unpaired) electrons. The van der Waals surface area contributed by atoms with Crippen molar-refractivity contribution in [3.8, 4) is 0 Å². The molecule has 0 heterocycles. The number of anilines is 2. The van der Waals surface area contributed by atoms with E-state index in [9.17, 15) is 9.59 Å². The van der Waals surface area contributed by atoms with Gasteiger partial charge >= 0.3 is 0 Å². The Morgan fingerprint density at radius 1 is 0.960 bits per heavy atom. The molecule has 5 heteroatoms. The number of rotatable bonds is 7. The van der Waals surface area contributed by atoms with E-state index in [0.717, 1.165) is 35.3 Å². The highest BCUT2D eigenvalue weighted by Gasteiger charge is 2.29. The molecule has 2 aromatic rings. The zero-order chi connectivity index (χ0) is 17.6. The second-order valence-corrected chi connectivity index (χ2v) is 6.38. The normalized spacial score (nSPS) is 13.3. The third-order valence-electron chi connectivity index (χ3n) is 4.27. The summed E-state index contributed by atoms with van der Waals surface area (Å²) in [4.78, 5) is 24.1. The fourth-order valence-electron chi connectivity index (χ4n) is 2.60. The first-order valence-corrected chi connectivity index (χ1v) is 8.58. The summed E-state index contributed by atoms with van der Waals surface area (Å²) in [5.41, 5.74) is 3.48. The Hall–Kier alpha value is -2.66. The van der Waals surface area contributed by atoms with Crippen LogP contribution in [-0.2, 0) is 16.1 Å². The van der Waals surface area contributed by atoms with E-state index < -0.39 is 0 Å². The molecular formula is C20H23N3O2. The third-order valence-corrected chi connectivity index (χ3v) is 4.27. The van der Waals surface area contributed by atoms with Crippen molar-refractivity contribution >= 4 is 23.2 Å². The molecule has 0 aliphatic heterocycles. The van der Waals surface area contributed by atoms with Gasteiger partial charge in [0.1, 0.15) is 0 Å². The van der Waals surface area contributed by atoms with Crippen LogP contribution in [-0.4, -0.2) is 18.4 Å². The standard InChI is InChI=1S/C20H23N3O2/c1-14-17(8-5-9-18(14)23-20(25)16-10-11-16)22-19(24)13-21-12-15-6-3-2-4-7-15/h2-9,16,21H,10-13H2,1H3,(H,22,24)(H,23,25). The predicted molar refractivity (Wildman–Crippen MR) is 99.3 cm³/mol. The van der Waals surface area contributed by atoms with E-state index in [0.29, 0.717) is 6.54 Å². The van der Waals surface area contributed by atoms with Crippen LogP contribution in [0.4, 0.5) is 11.4 Å². The minimum Gasteiger partial charge on any atom is -0.326 e. The summed E-state index contributed by atoms with van der Waals surface area (Å²) >= 11 is 0. The largest absolute Gasteiger partial charge is 0.326 e. The van der Waals surface area contributed by atoms with Crippen molar-refractivity contribution in [1.82, 2.24) is 5.32 Å². The Kier molecular flexibility index (Phi) is 5.46. The number of hydrogen-bond donors (Lipinski definition) is 3. The number of benzene rings is 2. The SMILES string of the molecule is Cc1c(NC(=O)CNCc2ccccc2)cccc1NC(=O)C1CC1. The van der Waals surface area contributed by atoms with Crippen molar-refractivity contribution in [1.29, 1.82) is 0 Å². The summed E-state index contributed by atoms with van der Waals surface area (Å²) in [6.07, 6.45) is 1.93. The highest BCUT2D eigenvalue weighted by molar-refractivity contribution is 5.97. The Morgan fingerprint density at radius 2 is 1.64 bits per heavy atom. The molecule has 0 aromatic heterocycles. The summed E-state index contributed by atoms with van der Waals surface area (Å²) in [6.45, 7) is 2.77. The number of carbonyl (C=O) groups is 2. The van der Waals surface area contributed by atoms with Crippen LogP contribution >= 0.6 is 0 Å². The first-order valence-electron chi connectivity index (χ1n) is 8.58. The van der Waals surface area contributed by atoms with Crippen molar-refractivity contribution in [2.45, 2.75) is 26.3 Å². The summed E-state index contributed by atoms with van der Waals surface area (Å²) in [7, 11) is 0. The van der Waals surface area contributed by atoms with Gasteiger partial charge in [-0.25, -0.2) is 0 Å². The minimum atomic E-state index is -0.107. The van der Waals surface area contributed by atoms with Gasteiger partial charge in [-0.2, -0.15) is 0 Å². The van der Waals surface area contributed by atoms with Crippen LogP contribution in [0.25, 0.3) is 0 Å². The Balaban J connectivity index is 1.52. The average molecular weight is 337 g/mol. The van der Waals surface area contributed by atoms with E-state index in [4.69, 9.17) is 0 Å². The molecule has 1 saturated carbocycles. The summed E-state index contributed by atoms with van der Waals surface area (Å²) < 4.78 is 0. The van der Waals surface area contributed by atoms with Crippen LogP contribution in [0.2, 0.25) is 0 Å². The molecular weight excluding hydrogens is 314 g/mol. The lowest BCUT2D eigenvalue weighted by Crippen LogP contribution is -2.28. The number of nitrogens with one attached hydrogen (secondary N) is 3. The van der Waals surface area contributed by atoms with E-state index in [2.05, 4.69) is 16.0 Å². The summed E-state index contributed by atoms with van der Waals surface area (Å²) in [5, 5.41) is 8.98. The van der Waals surface area contributed by atoms with Gasteiger partial charge in [-0.1, -0.05) is 36.4 Å². The Bertz CT molecular complexity index is 755. The van der Waals surface area contributed by atoms with Gasteiger partial charge in [0.2, 0.25) is 11.8 Å². The molecule has 0 atom stereocenters. The lowest BCUT2D eigenvalue weighted by Gasteiger charge is -2.13. The lowest BCUT2D eigenvalue weighted by atomic mass is 10.1. The van der Waals surface area contributed by atoms with Crippen LogP contribution in [0.3, 0.4) is 0 Å². The molecule has 2 aromatic carbocycles. The monoisotopic (exact) mass is 337 g/mol. The van der Waals surface area contributed by atoms with E-state index in [1.54, 1.807) is 0 Å². The fourth-order valence-corrected chi connectivity index (χ4v) is 2.60. The van der Waals surface area contributed by atoms with Crippen LogP contribution in [0.15, 0.2) is 48.5 Å². The Morgan fingerprint density at radius 3 is 2.32 bits per heavy atom. The molecule has 2 amide bonds. The van der Waals surface area contributed by atoms with Gasteiger partial charge in [0.05, 0.1) is 6.54 Å². The Labute approximate surface area is 147 Å². The van der Waals surface area contributed by atoms with Gasteiger partial charge in [-0.15, -0.1) is 0 Å². The maximum atomic E-state index is 12.1. The van der Waals surface area contributed by atoms with Gasteiger partial charge in [0.15, 0.2) is 0 Å². The van der Waals surface area contributed by atoms with E-state index in [1.165, 1.54) is 0 Å². The molecule has 1 aliphatic carbocycles. The summed E-state index contributed by atoms with van der Waals surface area (Å²) in [5.74, 6) is 0.112. The molecule has 5 nitrogen and oxygen atoms in total. The molecule has 3 rings (SSSR count). The number of amides is 2. The highest BCUT2D eigenvalue weighted by Crippen LogP contribution is 2.31. The number of hydrogen-bond acceptors (Lipinski definition) is 3. The van der Waals surface area contributed by atoms with Crippen molar-refractivity contribution in [3.05, 3.63) is 59.7 Å². The molecule has 0 spiro atoms. The maximum absolute atomic E-state index is 12.1. The van der Waals surface area contributed by atoms with Crippen molar-refractivity contribution < 1.29 is 9.59 Å². The molecule has 1 aliphatic rings. The van der Waals surface area contributed by atoms with Gasteiger partial charge in [-0.05, 0) is 43.0 Å². The van der Waals surface area contributed by atoms with Crippen LogP contribution in [0.5, 0.6) is 0 Å². The zero-order valence-electron chi connectivity index (χ0n) is 14.3. The highest BCUT2D eigenvalue weighted by atomic mass is 16.2. The van der Waals surface area contributed by atoms with Gasteiger partial charge in [-0.3, -0.25) is 9.59 Å². The molecule has 0 unspecified atom stereocenters. The molecule has 1 fully saturated rings. The summed E-state index contributed by atoms with van der Waals surface area (Å²) in [6, 6.07) is 15.5. The molecule has 130 valence electrons. The zero-order valence-corrected chi connectivity index (χ0v) is 14.3. The third kappa shape index (κ3) is 4.90. The quantitative estimate of drug-likeness (QED) is 0.727. The van der Waals surface area contributed by atoms with Crippen LogP contribution in [0, 0.1) is 12.8 Å². The van der Waals surface area contributed by atoms with Gasteiger partial charge in [0, 0.05) is 23.8 Å². The lowest BCUT2D eigenvalue weighted by molar-refractivity contribution is -0.117. The first-order chi connectivity index (χ1) is 12.1. The van der Waals surface area contributed by atoms with Crippen molar-refractivity contribution in [2.75, 3.05) is 17.2 Å². The van der Waals surface area contributed by atoms with Crippen molar-refractivity contribution in [3.63, 3.8) is 0 Å². The topological polar surface area (TPSA) is 70.2 Å². The molecule has 0 saturated heterocycles. The number of carbonyl (C=O) groups excluding carboxylic acids is 2. The minimum absolute atomic E-state index is 0.0658. The molecule has 3 N–H and O–H groups in total. The van der Waals surface area contributed by atoms with E-state index in [-0.39, 0.29) is 24.3 Å². The van der Waals surface area contributed by atoms with Crippen molar-refractivity contribution in [2.24, 2.45) is 5.92 Å². The average Bonchev–Trinajstić information content (AvgIpc) is 3.44. The van der Waals surface area contributed by atoms with E-state index in [1.807, 2.05) is 55.5 Å². The second-order valence-electron chi connectivity index (χ2n) is 6.38.